The van der Waals surface area contributed by atoms with Gasteiger partial charge in [0.15, 0.2) is 0 Å². The van der Waals surface area contributed by atoms with E-state index in [0.29, 0.717) is 105 Å². The Hall–Kier alpha value is -6.66. The Morgan fingerprint density at radius 3 is 1.96 bits per heavy atom. The van der Waals surface area contributed by atoms with Crippen molar-refractivity contribution in [2.24, 2.45) is 11.8 Å². The van der Waals surface area contributed by atoms with Crippen LogP contribution < -0.4 is 25.2 Å². The molecule has 2 saturated heterocycles. The number of carbonyl (C=O) groups excluding carboxylic acids is 2. The van der Waals surface area contributed by atoms with Crippen molar-refractivity contribution in [2.75, 3.05) is 79.1 Å². The molecule has 6 aromatic carbocycles. The van der Waals surface area contributed by atoms with Crippen LogP contribution in [0.15, 0.2) is 154 Å². The number of amides is 2. The van der Waals surface area contributed by atoms with Crippen molar-refractivity contribution in [1.82, 2.24) is 9.62 Å². The summed E-state index contributed by atoms with van der Waals surface area (Å²) in [5, 5.41) is 37.3. The highest BCUT2D eigenvalue weighted by Crippen LogP contribution is 2.40. The summed E-state index contributed by atoms with van der Waals surface area (Å²) < 4.78 is 98.0. The van der Waals surface area contributed by atoms with E-state index in [1.54, 1.807) is 66.5 Å². The van der Waals surface area contributed by atoms with Crippen LogP contribution in [0.1, 0.15) is 64.5 Å². The fourth-order valence-electron chi connectivity index (χ4n) is 9.90. The minimum atomic E-state index is -6.14. The lowest BCUT2D eigenvalue weighted by Crippen LogP contribution is -2.36. The normalized spacial score (nSPS) is 15.5. The Labute approximate surface area is 478 Å². The molecule has 2 atom stereocenters. The SMILES string of the molecule is CN(CCO)CCC(CSc1ccccc1)Nc1ccc(S(=O)(=O)NC(=O)c2ccc(N3CCC([C@H](O)c4cc(C(=O)Nc5ccc(N6CCC(C(=O)O)CC6)cc5)ccc4-c4ccc(Cl)cc4)CC3)cc2)cc1S(=O)(=O)C(F)(F)F. The Bertz CT molecular complexity index is 3390. The van der Waals surface area contributed by atoms with Crippen molar-refractivity contribution in [1.29, 1.82) is 0 Å². The van der Waals surface area contributed by atoms with Crippen LogP contribution in [-0.2, 0) is 24.7 Å². The number of sulfone groups is 1. The van der Waals surface area contributed by atoms with E-state index in [0.717, 1.165) is 33.8 Å². The molecule has 2 heterocycles. The first-order valence-electron chi connectivity index (χ1n) is 26.2. The molecule has 1 unspecified atom stereocenters. The number of thioether (sulfide) groups is 1. The lowest BCUT2D eigenvalue weighted by molar-refractivity contribution is -0.142. The van der Waals surface area contributed by atoms with E-state index < -0.39 is 64.9 Å². The monoisotopic (exact) mass is 1190 g/mol. The second kappa shape index (κ2) is 26.5. The van der Waals surface area contributed by atoms with E-state index in [1.165, 1.54) is 23.9 Å². The molecule has 430 valence electrons. The number of sulfonamides is 1. The highest BCUT2D eigenvalue weighted by atomic mass is 35.5. The number of alkyl halides is 3. The van der Waals surface area contributed by atoms with Crippen LogP contribution in [0.25, 0.3) is 11.1 Å². The predicted octanol–water partition coefficient (Wildman–Crippen LogP) is 9.81. The molecule has 23 heteroatoms. The van der Waals surface area contributed by atoms with Crippen molar-refractivity contribution in [3.8, 4) is 11.1 Å². The van der Waals surface area contributed by atoms with Crippen LogP contribution in [0.4, 0.5) is 35.9 Å². The van der Waals surface area contributed by atoms with Gasteiger partial charge in [-0.1, -0.05) is 48.0 Å². The van der Waals surface area contributed by atoms with Crippen molar-refractivity contribution < 1.29 is 59.7 Å². The summed E-state index contributed by atoms with van der Waals surface area (Å²) in [6.45, 7) is 2.75. The molecule has 6 N–H and O–H groups in total. The fourth-order valence-corrected chi connectivity index (χ4v) is 13.0. The number of likely N-dealkylation sites (N-methyl/N-ethyl adjacent to an activating group) is 1. The number of halogens is 4. The number of benzene rings is 6. The fraction of sp³-hybridized carbons (Fsp3) is 0.328. The highest BCUT2D eigenvalue weighted by molar-refractivity contribution is 7.99. The third-order valence-corrected chi connectivity index (χ3v) is 18.9. The number of hydrogen-bond acceptors (Lipinski definition) is 14. The van der Waals surface area contributed by atoms with E-state index >= 15 is 0 Å². The molecule has 0 radical (unpaired) electrons. The highest BCUT2D eigenvalue weighted by Gasteiger charge is 2.48. The second-order valence-electron chi connectivity index (χ2n) is 20.0. The Morgan fingerprint density at radius 1 is 0.753 bits per heavy atom. The minimum absolute atomic E-state index is 0.107. The van der Waals surface area contributed by atoms with E-state index in [1.807, 2.05) is 64.2 Å². The molecule has 16 nitrogen and oxygen atoms in total. The second-order valence-corrected chi connectivity index (χ2v) is 25.2. The number of rotatable bonds is 22. The Morgan fingerprint density at radius 2 is 1.36 bits per heavy atom. The maximum atomic E-state index is 14.2. The molecule has 0 saturated carbocycles. The van der Waals surface area contributed by atoms with Gasteiger partial charge in [-0.3, -0.25) is 14.4 Å². The first-order chi connectivity index (χ1) is 38.6. The van der Waals surface area contributed by atoms with Gasteiger partial charge in [0.1, 0.15) is 4.90 Å². The third-order valence-electron chi connectivity index (χ3n) is 14.6. The number of nitrogens with one attached hydrogen (secondary N) is 3. The Kier molecular flexibility index (Phi) is 19.8. The number of hydrogen-bond donors (Lipinski definition) is 6. The van der Waals surface area contributed by atoms with Crippen molar-refractivity contribution >= 4 is 83.8 Å². The zero-order valence-electron chi connectivity index (χ0n) is 44.1. The first kappa shape index (κ1) is 60.4. The average molecular weight is 1190 g/mol. The topological polar surface area (TPSA) is 226 Å². The summed E-state index contributed by atoms with van der Waals surface area (Å²) in [7, 11) is -9.34. The number of aliphatic carboxylic acids is 1. The number of carboxylic acid groups (broad SMARTS) is 1. The van der Waals surface area contributed by atoms with Gasteiger partial charge in [0.05, 0.1) is 29.2 Å². The van der Waals surface area contributed by atoms with Gasteiger partial charge in [-0.15, -0.1) is 11.8 Å². The van der Waals surface area contributed by atoms with Crippen molar-refractivity contribution in [2.45, 2.75) is 64.4 Å². The summed E-state index contributed by atoms with van der Waals surface area (Å²) in [6, 6.07) is 36.5. The molecule has 0 aromatic heterocycles. The van der Waals surface area contributed by atoms with Gasteiger partial charge in [-0.05, 0) is 171 Å². The largest absolute Gasteiger partial charge is 0.501 e. The molecule has 2 amide bonds. The van der Waals surface area contributed by atoms with E-state index in [9.17, 15) is 59.7 Å². The number of aliphatic hydroxyl groups excluding tert-OH is 2. The van der Waals surface area contributed by atoms with E-state index in [4.69, 9.17) is 11.6 Å². The van der Waals surface area contributed by atoms with Crippen LogP contribution in [0.5, 0.6) is 0 Å². The molecular formula is C58H62ClF3N6O10S3. The maximum Gasteiger partial charge on any atom is 0.501 e. The molecule has 2 fully saturated rings. The number of anilines is 4. The molecule has 2 aliphatic rings. The van der Waals surface area contributed by atoms with Gasteiger partial charge in [-0.2, -0.15) is 13.2 Å². The number of aliphatic hydroxyl groups is 2. The molecule has 81 heavy (non-hydrogen) atoms. The quantitative estimate of drug-likeness (QED) is 0.0348. The number of piperidine rings is 2. The summed E-state index contributed by atoms with van der Waals surface area (Å²) in [5.41, 5.74) is -1.84. The number of carbonyl (C=O) groups is 3. The van der Waals surface area contributed by atoms with Crippen molar-refractivity contribution in [3.05, 3.63) is 161 Å². The maximum absolute atomic E-state index is 14.2. The van der Waals surface area contributed by atoms with Gasteiger partial charge >= 0.3 is 11.5 Å². The molecule has 8 rings (SSSR count). The van der Waals surface area contributed by atoms with Gasteiger partial charge in [0.2, 0.25) is 0 Å². The molecule has 2 aliphatic heterocycles. The molecule has 0 spiro atoms. The lowest BCUT2D eigenvalue weighted by atomic mass is 9.83. The molecular weight excluding hydrogens is 1130 g/mol. The van der Waals surface area contributed by atoms with Crippen LogP contribution in [0.3, 0.4) is 0 Å². The van der Waals surface area contributed by atoms with Gasteiger partial charge in [-0.25, -0.2) is 21.6 Å². The molecule has 0 aliphatic carbocycles. The first-order valence-corrected chi connectivity index (χ1v) is 30.5. The summed E-state index contributed by atoms with van der Waals surface area (Å²) in [6.07, 6.45) is 1.47. The zero-order chi connectivity index (χ0) is 58.1. The smallest absolute Gasteiger partial charge is 0.481 e. The predicted molar refractivity (Wildman–Crippen MR) is 308 cm³/mol. The standard InChI is InChI=1S/C58H62ClF3N6O10S3/c1-66(33-34-69)28-27-45(37-79-48-5-3-2-4-6-48)63-52-22-20-49(36-53(52)80(75,76)58(60,61)62)81(77,78)65-56(72)40-9-16-46(17-10-40)67-29-23-39(24-30-67)54(70)51-35-42(11-21-50(51)38-7-12-43(59)13-8-38)55(71)64-44-14-18-47(19-15-44)68-31-25-41(26-32-68)57(73)74/h2-22,35-36,39,41,45,54,63,69-70H,23-34,37H2,1H3,(H,64,71)(H,65,72)(H,73,74)/t45?,54-/m0/s1. The summed E-state index contributed by atoms with van der Waals surface area (Å²) >= 11 is 7.61. The van der Waals surface area contributed by atoms with Gasteiger partial charge in [0, 0.05) is 82.6 Å². The van der Waals surface area contributed by atoms with E-state index in [-0.39, 0.29) is 35.7 Å². The minimum Gasteiger partial charge on any atom is -0.481 e. The van der Waals surface area contributed by atoms with Crippen molar-refractivity contribution in [3.63, 3.8) is 0 Å². The molecule has 0 bridgehead atoms. The molecule has 6 aromatic rings. The number of nitrogens with zero attached hydrogens (tertiary/aromatic N) is 3. The third kappa shape index (κ3) is 15.3. The average Bonchev–Trinajstić information content (AvgIpc) is 3.51. The van der Waals surface area contributed by atoms with E-state index in [2.05, 4.69) is 15.5 Å². The van der Waals surface area contributed by atoms with Crippen LogP contribution >= 0.6 is 23.4 Å². The van der Waals surface area contributed by atoms with Crippen LogP contribution in [0, 0.1) is 11.8 Å². The Balaban J connectivity index is 0.923. The van der Waals surface area contributed by atoms with Crippen LogP contribution in [-0.4, -0.2) is 125 Å². The van der Waals surface area contributed by atoms with Crippen LogP contribution in [0.2, 0.25) is 5.02 Å². The zero-order valence-corrected chi connectivity index (χ0v) is 47.3. The number of carboxylic acids is 1. The lowest BCUT2D eigenvalue weighted by Gasteiger charge is -2.36. The summed E-state index contributed by atoms with van der Waals surface area (Å²) in [5.74, 6) is -2.60. The van der Waals surface area contributed by atoms with Gasteiger partial charge in [0.25, 0.3) is 31.7 Å². The summed E-state index contributed by atoms with van der Waals surface area (Å²) in [4.78, 5) is 43.2. The van der Waals surface area contributed by atoms with Gasteiger partial charge < -0.3 is 40.7 Å².